The van der Waals surface area contributed by atoms with Crippen LogP contribution in [0.3, 0.4) is 0 Å². The molecule has 158 valence electrons. The molecule has 0 saturated heterocycles. The second kappa shape index (κ2) is 9.59. The molecule has 2 aromatic carbocycles. The van der Waals surface area contributed by atoms with Crippen LogP contribution in [0.1, 0.15) is 11.1 Å². The van der Waals surface area contributed by atoms with Gasteiger partial charge >= 0.3 is 0 Å². The number of hydrogen-bond acceptors (Lipinski definition) is 3. The van der Waals surface area contributed by atoms with Gasteiger partial charge in [0.25, 0.3) is 0 Å². The number of aromatic nitrogens is 4. The van der Waals surface area contributed by atoms with E-state index in [1.165, 1.54) is 6.07 Å². The van der Waals surface area contributed by atoms with Gasteiger partial charge < -0.3 is 10.6 Å². The monoisotopic (exact) mass is 518 g/mol. The van der Waals surface area contributed by atoms with Crippen LogP contribution in [0.5, 0.6) is 0 Å². The van der Waals surface area contributed by atoms with E-state index >= 15 is 0 Å². The summed E-state index contributed by atoms with van der Waals surface area (Å²) in [5, 5.41) is 16.0. The molecule has 0 aliphatic carbocycles. The summed E-state index contributed by atoms with van der Waals surface area (Å²) >= 11 is 14.7. The topological polar surface area (TPSA) is 59.7 Å². The summed E-state index contributed by atoms with van der Waals surface area (Å²) in [6, 6.07) is 16.0. The number of rotatable bonds is 6. The number of hydrogen-bond donors (Lipinski definition) is 2. The normalized spacial score (nSPS) is 10.8. The summed E-state index contributed by atoms with van der Waals surface area (Å²) in [7, 11) is 0. The first-order valence-corrected chi connectivity index (χ1v) is 10.9. The lowest BCUT2D eigenvalue weighted by atomic mass is 10.2. The predicted molar refractivity (Wildman–Crippen MR) is 128 cm³/mol. The molecule has 10 heteroatoms. The Bertz CT molecular complexity index is 1210. The molecule has 2 N–H and O–H groups in total. The third kappa shape index (κ3) is 5.69. The van der Waals surface area contributed by atoms with Crippen molar-refractivity contribution in [3.05, 3.63) is 93.4 Å². The van der Waals surface area contributed by atoms with E-state index in [1.54, 1.807) is 33.8 Å². The van der Waals surface area contributed by atoms with Gasteiger partial charge in [0.15, 0.2) is 16.7 Å². The molecule has 4 rings (SSSR count). The Morgan fingerprint density at radius 3 is 2.55 bits per heavy atom. The van der Waals surface area contributed by atoms with Gasteiger partial charge in [0.2, 0.25) is 0 Å². The molecule has 0 saturated carbocycles. The lowest BCUT2D eigenvalue weighted by molar-refractivity contribution is 0.586. The zero-order chi connectivity index (χ0) is 21.8. The van der Waals surface area contributed by atoms with Crippen LogP contribution in [0.15, 0.2) is 71.5 Å². The Hall–Kier alpha value is -2.75. The molecule has 2 aromatic heterocycles. The van der Waals surface area contributed by atoms with Crippen LogP contribution in [-0.2, 0) is 13.1 Å². The van der Waals surface area contributed by atoms with Crippen LogP contribution in [-0.4, -0.2) is 24.7 Å². The average Bonchev–Trinajstić information content (AvgIpc) is 3.31. The highest BCUT2D eigenvalue weighted by atomic mass is 79.9. The van der Waals surface area contributed by atoms with Crippen molar-refractivity contribution >= 4 is 56.5 Å². The summed E-state index contributed by atoms with van der Waals surface area (Å²) in [6.07, 6.45) is 3.62. The van der Waals surface area contributed by atoms with Gasteiger partial charge in [-0.2, -0.15) is 10.2 Å². The van der Waals surface area contributed by atoms with E-state index in [-0.39, 0.29) is 5.82 Å². The highest BCUT2D eigenvalue weighted by Gasteiger charge is 2.11. The van der Waals surface area contributed by atoms with Crippen molar-refractivity contribution in [2.45, 2.75) is 13.1 Å². The first-order chi connectivity index (χ1) is 15.0. The second-order valence-electron chi connectivity index (χ2n) is 6.72. The van der Waals surface area contributed by atoms with Gasteiger partial charge in [-0.15, -0.1) is 0 Å². The maximum atomic E-state index is 13.9. The van der Waals surface area contributed by atoms with Crippen LogP contribution in [0.25, 0.3) is 0 Å². The molecule has 0 atom stereocenters. The Kier molecular flexibility index (Phi) is 6.64. The van der Waals surface area contributed by atoms with E-state index in [0.717, 1.165) is 5.56 Å². The summed E-state index contributed by atoms with van der Waals surface area (Å²) in [6.45, 7) is 0.924. The third-order valence-corrected chi connectivity index (χ3v) is 5.42. The standard InChI is InChI=1S/C21H17BrClFN6S/c22-17-13-30(12-15-3-1-2-4-18(15)24)28-20(17)26-21(31)25-19-9-10-29(27-19)11-14-5-7-16(23)8-6-14/h1-10,13H,11-12H2,(H2,25,26,27,28,31). The number of benzene rings is 2. The zero-order valence-electron chi connectivity index (χ0n) is 16.1. The quantitative estimate of drug-likeness (QED) is 0.328. The van der Waals surface area contributed by atoms with E-state index in [0.29, 0.717) is 44.9 Å². The molecule has 0 bridgehead atoms. The van der Waals surface area contributed by atoms with E-state index in [2.05, 4.69) is 36.8 Å². The Morgan fingerprint density at radius 1 is 1.00 bits per heavy atom. The van der Waals surface area contributed by atoms with Crippen molar-refractivity contribution in [2.75, 3.05) is 10.6 Å². The van der Waals surface area contributed by atoms with E-state index in [1.807, 2.05) is 36.5 Å². The van der Waals surface area contributed by atoms with Crippen molar-refractivity contribution in [2.24, 2.45) is 0 Å². The molecule has 6 nitrogen and oxygen atoms in total. The van der Waals surface area contributed by atoms with E-state index in [4.69, 9.17) is 23.8 Å². The van der Waals surface area contributed by atoms with E-state index < -0.39 is 0 Å². The number of thiocarbonyl (C=S) groups is 1. The van der Waals surface area contributed by atoms with Gasteiger partial charge in [0, 0.05) is 29.0 Å². The molecule has 0 radical (unpaired) electrons. The highest BCUT2D eigenvalue weighted by molar-refractivity contribution is 9.10. The maximum absolute atomic E-state index is 13.9. The lowest BCUT2D eigenvalue weighted by Crippen LogP contribution is -2.20. The van der Waals surface area contributed by atoms with Gasteiger partial charge in [-0.3, -0.25) is 9.36 Å². The zero-order valence-corrected chi connectivity index (χ0v) is 19.3. The molecule has 0 fully saturated rings. The van der Waals surface area contributed by atoms with Crippen LogP contribution in [0.4, 0.5) is 16.0 Å². The van der Waals surface area contributed by atoms with Crippen molar-refractivity contribution in [3.63, 3.8) is 0 Å². The van der Waals surface area contributed by atoms with Crippen LogP contribution in [0.2, 0.25) is 5.02 Å². The number of anilines is 2. The van der Waals surface area contributed by atoms with Crippen molar-refractivity contribution in [1.82, 2.24) is 19.6 Å². The molecule has 0 unspecified atom stereocenters. The minimum absolute atomic E-state index is 0.269. The van der Waals surface area contributed by atoms with Gasteiger partial charge in [0.05, 0.1) is 17.6 Å². The molecule has 0 amide bonds. The largest absolute Gasteiger partial charge is 0.316 e. The Balaban J connectivity index is 1.36. The predicted octanol–water partition coefficient (Wildman–Crippen LogP) is 5.54. The number of nitrogens with zero attached hydrogens (tertiary/aromatic N) is 4. The highest BCUT2D eigenvalue weighted by Crippen LogP contribution is 2.21. The van der Waals surface area contributed by atoms with Gasteiger partial charge in [0.1, 0.15) is 5.82 Å². The first kappa shape index (κ1) is 21.5. The fourth-order valence-corrected chi connectivity index (χ4v) is 3.65. The number of nitrogens with one attached hydrogen (secondary N) is 2. The molecule has 31 heavy (non-hydrogen) atoms. The first-order valence-electron chi connectivity index (χ1n) is 9.28. The van der Waals surface area contributed by atoms with Gasteiger partial charge in [-0.25, -0.2) is 4.39 Å². The van der Waals surface area contributed by atoms with E-state index in [9.17, 15) is 4.39 Å². The van der Waals surface area contributed by atoms with Gasteiger partial charge in [-0.05, 0) is 51.9 Å². The Morgan fingerprint density at radius 2 is 1.77 bits per heavy atom. The molecular weight excluding hydrogens is 503 g/mol. The minimum atomic E-state index is -0.269. The average molecular weight is 520 g/mol. The van der Waals surface area contributed by atoms with Crippen molar-refractivity contribution in [3.8, 4) is 0 Å². The van der Waals surface area contributed by atoms with Crippen molar-refractivity contribution < 1.29 is 4.39 Å². The molecule has 0 aliphatic rings. The SMILES string of the molecule is Fc1ccccc1Cn1cc(Br)c(NC(=S)Nc2ccn(Cc3ccc(Cl)cc3)n2)n1. The summed E-state index contributed by atoms with van der Waals surface area (Å²) in [5.41, 5.74) is 1.64. The summed E-state index contributed by atoms with van der Waals surface area (Å²) in [5.74, 6) is 0.859. The summed E-state index contributed by atoms with van der Waals surface area (Å²) < 4.78 is 18.0. The summed E-state index contributed by atoms with van der Waals surface area (Å²) in [4.78, 5) is 0. The molecule has 2 heterocycles. The fourth-order valence-electron chi connectivity index (χ4n) is 2.91. The molecule has 4 aromatic rings. The minimum Gasteiger partial charge on any atom is -0.316 e. The Labute approximate surface area is 197 Å². The fraction of sp³-hybridized carbons (Fsp3) is 0.0952. The smallest absolute Gasteiger partial charge is 0.177 e. The van der Waals surface area contributed by atoms with Crippen LogP contribution >= 0.6 is 39.7 Å². The molecule has 0 aliphatic heterocycles. The lowest BCUT2D eigenvalue weighted by Gasteiger charge is -2.07. The van der Waals surface area contributed by atoms with Gasteiger partial charge in [-0.1, -0.05) is 41.9 Å². The second-order valence-corrected chi connectivity index (χ2v) is 8.42. The third-order valence-electron chi connectivity index (χ3n) is 4.38. The molecular formula is C21H17BrClFN6S. The van der Waals surface area contributed by atoms with Crippen LogP contribution < -0.4 is 10.6 Å². The van der Waals surface area contributed by atoms with Crippen molar-refractivity contribution in [1.29, 1.82) is 0 Å². The van der Waals surface area contributed by atoms with Crippen LogP contribution in [0, 0.1) is 5.82 Å². The number of halogens is 3. The maximum Gasteiger partial charge on any atom is 0.177 e. The molecule has 0 spiro atoms.